The summed E-state index contributed by atoms with van der Waals surface area (Å²) in [6.45, 7) is -0.622. The molecule has 4 aromatic rings. The van der Waals surface area contributed by atoms with Crippen molar-refractivity contribution in [2.24, 2.45) is 0 Å². The quantitative estimate of drug-likeness (QED) is 0.202. The van der Waals surface area contributed by atoms with Crippen LogP contribution in [0.2, 0.25) is 20.1 Å². The highest BCUT2D eigenvalue weighted by Gasteiger charge is 2.28. The van der Waals surface area contributed by atoms with E-state index in [1.165, 1.54) is 66.7 Å². The van der Waals surface area contributed by atoms with Crippen LogP contribution in [0.5, 0.6) is 0 Å². The number of anilines is 3. The minimum atomic E-state index is -4.19. The summed E-state index contributed by atoms with van der Waals surface area (Å²) >= 11 is 24.2. The molecule has 0 atom stereocenters. The molecule has 0 bridgehead atoms. The molecule has 2 N–H and O–H groups in total. The number of carbonyl (C=O) groups is 1. The predicted octanol–water partition coefficient (Wildman–Crippen LogP) is 6.94. The van der Waals surface area contributed by atoms with Crippen molar-refractivity contribution < 1.29 is 21.6 Å². The Bertz CT molecular complexity index is 1750. The largest absolute Gasteiger partial charge is 0.325 e. The normalized spacial score (nSPS) is 11.6. The number of rotatable bonds is 9. The minimum Gasteiger partial charge on any atom is -0.325 e. The molecule has 1 amide bonds. The zero-order valence-electron chi connectivity index (χ0n) is 20.2. The summed E-state index contributed by atoms with van der Waals surface area (Å²) in [7, 11) is -8.22. The highest BCUT2D eigenvalue weighted by molar-refractivity contribution is 7.93. The molecular formula is C26H19Cl4N3O5S2. The first-order chi connectivity index (χ1) is 18.9. The van der Waals surface area contributed by atoms with Gasteiger partial charge >= 0.3 is 0 Å². The molecule has 4 rings (SSSR count). The van der Waals surface area contributed by atoms with Gasteiger partial charge in [-0.3, -0.25) is 13.8 Å². The smallest absolute Gasteiger partial charge is 0.264 e. The van der Waals surface area contributed by atoms with Gasteiger partial charge in [-0.1, -0.05) is 70.7 Å². The van der Waals surface area contributed by atoms with Crippen LogP contribution in [-0.4, -0.2) is 29.3 Å². The molecule has 0 aliphatic carbocycles. The highest BCUT2D eigenvalue weighted by Crippen LogP contribution is 2.32. The number of amides is 1. The van der Waals surface area contributed by atoms with Crippen molar-refractivity contribution in [3.8, 4) is 0 Å². The van der Waals surface area contributed by atoms with Gasteiger partial charge in [0.15, 0.2) is 0 Å². The fraction of sp³-hybridized carbons (Fsp3) is 0.0385. The highest BCUT2D eigenvalue weighted by atomic mass is 35.5. The van der Waals surface area contributed by atoms with Gasteiger partial charge in [0.2, 0.25) is 5.91 Å². The van der Waals surface area contributed by atoms with E-state index >= 15 is 0 Å². The monoisotopic (exact) mass is 657 g/mol. The maximum absolute atomic E-state index is 13.5. The van der Waals surface area contributed by atoms with Gasteiger partial charge < -0.3 is 5.32 Å². The number of sulfonamides is 2. The summed E-state index contributed by atoms with van der Waals surface area (Å²) in [5.41, 5.74) is 0.419. The van der Waals surface area contributed by atoms with Gasteiger partial charge in [-0.05, 0) is 66.7 Å². The van der Waals surface area contributed by atoms with Crippen LogP contribution in [0.3, 0.4) is 0 Å². The van der Waals surface area contributed by atoms with Gasteiger partial charge in [-0.2, -0.15) is 0 Å². The van der Waals surface area contributed by atoms with E-state index in [-0.39, 0.29) is 46.9 Å². The molecule has 0 aliphatic rings. The van der Waals surface area contributed by atoms with Gasteiger partial charge in [0.1, 0.15) is 6.54 Å². The van der Waals surface area contributed by atoms with Crippen LogP contribution in [0, 0.1) is 0 Å². The van der Waals surface area contributed by atoms with E-state index in [0.29, 0.717) is 0 Å². The average molecular weight is 659 g/mol. The third-order valence-electron chi connectivity index (χ3n) is 5.40. The minimum absolute atomic E-state index is 0.0410. The molecule has 4 aromatic carbocycles. The first-order valence-corrected chi connectivity index (χ1v) is 15.7. The standard InChI is InChI=1S/C26H19Cl4N3O5S2/c27-17-13-18(28)15-20(14-17)33(40(37,38)22-5-2-1-3-6-22)16-25(34)31-19-9-11-21(12-10-19)39(35,36)32-24-8-4-7-23(29)26(24)30/h1-15,32H,16H2,(H,31,34). The summed E-state index contributed by atoms with van der Waals surface area (Å²) in [6.07, 6.45) is 0. The number of hydrogen-bond acceptors (Lipinski definition) is 5. The van der Waals surface area contributed by atoms with E-state index in [0.717, 1.165) is 4.31 Å². The van der Waals surface area contributed by atoms with Crippen LogP contribution >= 0.6 is 46.4 Å². The number of nitrogens with zero attached hydrogens (tertiary/aromatic N) is 1. The Morgan fingerprint density at radius 3 is 1.98 bits per heavy atom. The summed E-state index contributed by atoms with van der Waals surface area (Å²) < 4.78 is 55.8. The summed E-state index contributed by atoms with van der Waals surface area (Å²) in [5, 5.41) is 3.17. The Hall–Kier alpha value is -2.99. The molecule has 0 spiro atoms. The molecule has 0 unspecified atom stereocenters. The van der Waals surface area contributed by atoms with Crippen molar-refractivity contribution in [1.29, 1.82) is 0 Å². The van der Waals surface area contributed by atoms with E-state index in [1.54, 1.807) is 24.3 Å². The molecular weight excluding hydrogens is 640 g/mol. The number of halogens is 4. The molecule has 8 nitrogen and oxygen atoms in total. The summed E-state index contributed by atoms with van der Waals surface area (Å²) in [6, 6.07) is 21.5. The summed E-state index contributed by atoms with van der Waals surface area (Å²) in [5.74, 6) is -0.699. The maximum atomic E-state index is 13.5. The molecule has 0 aliphatic heterocycles. The molecule has 0 fully saturated rings. The Kier molecular flexibility index (Phi) is 9.19. The zero-order chi connectivity index (χ0) is 29.1. The van der Waals surface area contributed by atoms with Gasteiger partial charge in [0, 0.05) is 15.7 Å². The van der Waals surface area contributed by atoms with Crippen LogP contribution in [0.25, 0.3) is 0 Å². The predicted molar refractivity (Wildman–Crippen MR) is 160 cm³/mol. The second-order valence-electron chi connectivity index (χ2n) is 8.23. The van der Waals surface area contributed by atoms with E-state index in [2.05, 4.69) is 10.0 Å². The lowest BCUT2D eigenvalue weighted by Crippen LogP contribution is -2.38. The second kappa shape index (κ2) is 12.3. The SMILES string of the molecule is O=C(CN(c1cc(Cl)cc(Cl)c1)S(=O)(=O)c1ccccc1)Nc1ccc(S(=O)(=O)Nc2cccc(Cl)c2Cl)cc1. The lowest BCUT2D eigenvalue weighted by molar-refractivity contribution is -0.114. The van der Waals surface area contributed by atoms with Crippen LogP contribution in [-0.2, 0) is 24.8 Å². The molecule has 40 heavy (non-hydrogen) atoms. The molecule has 0 saturated carbocycles. The molecule has 0 aromatic heterocycles. The van der Waals surface area contributed by atoms with Crippen LogP contribution in [0.15, 0.2) is 101 Å². The second-order valence-corrected chi connectivity index (χ2v) is 13.4. The Morgan fingerprint density at radius 2 is 1.35 bits per heavy atom. The molecule has 14 heteroatoms. The number of nitrogens with one attached hydrogen (secondary N) is 2. The first-order valence-electron chi connectivity index (χ1n) is 11.3. The van der Waals surface area contributed by atoms with E-state index < -0.39 is 32.5 Å². The number of benzene rings is 4. The topological polar surface area (TPSA) is 113 Å². The zero-order valence-corrected chi connectivity index (χ0v) is 24.8. The molecule has 208 valence electrons. The Balaban J connectivity index is 1.55. The van der Waals surface area contributed by atoms with Crippen molar-refractivity contribution in [3.05, 3.63) is 111 Å². The third-order valence-corrected chi connectivity index (χ3v) is 9.82. The summed E-state index contributed by atoms with van der Waals surface area (Å²) in [4.78, 5) is 12.8. The number of carbonyl (C=O) groups excluding carboxylic acids is 1. The average Bonchev–Trinajstić information content (AvgIpc) is 2.90. The van der Waals surface area contributed by atoms with Gasteiger partial charge in [0.25, 0.3) is 20.0 Å². The van der Waals surface area contributed by atoms with Crippen LogP contribution < -0.4 is 14.3 Å². The van der Waals surface area contributed by atoms with E-state index in [1.807, 2.05) is 0 Å². The van der Waals surface area contributed by atoms with Gasteiger partial charge in [0.05, 0.1) is 31.2 Å². The fourth-order valence-corrected chi connectivity index (χ4v) is 6.97. The van der Waals surface area contributed by atoms with Gasteiger partial charge in [-0.15, -0.1) is 0 Å². The van der Waals surface area contributed by atoms with Crippen molar-refractivity contribution in [3.63, 3.8) is 0 Å². The van der Waals surface area contributed by atoms with Crippen LogP contribution in [0.1, 0.15) is 0 Å². The van der Waals surface area contributed by atoms with Crippen molar-refractivity contribution in [1.82, 2.24) is 0 Å². The Labute approximate surface area is 251 Å². The molecule has 0 radical (unpaired) electrons. The van der Waals surface area contributed by atoms with Crippen molar-refractivity contribution >= 4 is 89.4 Å². The fourth-order valence-electron chi connectivity index (χ4n) is 3.55. The number of hydrogen-bond donors (Lipinski definition) is 2. The van der Waals surface area contributed by atoms with E-state index in [9.17, 15) is 21.6 Å². The van der Waals surface area contributed by atoms with Crippen molar-refractivity contribution in [2.45, 2.75) is 9.79 Å². The third kappa shape index (κ3) is 7.01. The van der Waals surface area contributed by atoms with Crippen LogP contribution in [0.4, 0.5) is 17.1 Å². The first kappa shape index (κ1) is 30.0. The van der Waals surface area contributed by atoms with E-state index in [4.69, 9.17) is 46.4 Å². The lowest BCUT2D eigenvalue weighted by atomic mass is 10.3. The lowest BCUT2D eigenvalue weighted by Gasteiger charge is -2.24. The molecule has 0 heterocycles. The maximum Gasteiger partial charge on any atom is 0.264 e. The Morgan fingerprint density at radius 1 is 0.725 bits per heavy atom. The van der Waals surface area contributed by atoms with Crippen molar-refractivity contribution in [2.75, 3.05) is 20.9 Å². The molecule has 0 saturated heterocycles. The van der Waals surface area contributed by atoms with Gasteiger partial charge in [-0.25, -0.2) is 16.8 Å².